The van der Waals surface area contributed by atoms with E-state index in [2.05, 4.69) is 30.6 Å². The Hall–Kier alpha value is -0.320. The van der Waals surface area contributed by atoms with Gasteiger partial charge in [-0.3, -0.25) is 9.69 Å². The molecule has 0 aliphatic carbocycles. The number of amides is 1. The van der Waals surface area contributed by atoms with Gasteiger partial charge in [0, 0.05) is 24.7 Å². The molecule has 0 bridgehead atoms. The molecule has 2 fully saturated rings. The molecule has 21 heavy (non-hydrogen) atoms. The second-order valence-corrected chi connectivity index (χ2v) is 6.93. The number of carbonyl (C=O) groups excluding carboxylic acids is 1. The van der Waals surface area contributed by atoms with Gasteiger partial charge in [-0.25, -0.2) is 0 Å². The van der Waals surface area contributed by atoms with E-state index in [1.54, 1.807) is 0 Å². The fourth-order valence-corrected chi connectivity index (χ4v) is 3.85. The smallest absolute Gasteiger partial charge is 0.237 e. The largest absolute Gasteiger partial charge is 0.336 e. The molecular weight excluding hydrogens is 286 g/mol. The van der Waals surface area contributed by atoms with Crippen molar-refractivity contribution in [2.24, 2.45) is 11.7 Å². The monoisotopic (exact) mass is 317 g/mol. The van der Waals surface area contributed by atoms with Crippen molar-refractivity contribution >= 4 is 18.3 Å². The maximum atomic E-state index is 12.6. The van der Waals surface area contributed by atoms with Gasteiger partial charge in [-0.15, -0.1) is 12.4 Å². The zero-order valence-corrected chi connectivity index (χ0v) is 14.6. The quantitative estimate of drug-likeness (QED) is 0.868. The minimum absolute atomic E-state index is 0. The Morgan fingerprint density at radius 1 is 1.19 bits per heavy atom. The van der Waals surface area contributed by atoms with E-state index in [0.29, 0.717) is 30.5 Å². The van der Waals surface area contributed by atoms with Crippen LogP contribution in [0, 0.1) is 5.92 Å². The van der Waals surface area contributed by atoms with E-state index in [1.165, 1.54) is 19.3 Å². The van der Waals surface area contributed by atoms with Crippen LogP contribution in [-0.4, -0.2) is 53.5 Å². The number of likely N-dealkylation sites (tertiary alicyclic amines) is 2. The topological polar surface area (TPSA) is 49.6 Å². The van der Waals surface area contributed by atoms with Crippen molar-refractivity contribution in [1.29, 1.82) is 0 Å². The van der Waals surface area contributed by atoms with Crippen molar-refractivity contribution in [3.05, 3.63) is 0 Å². The Kier molecular flexibility index (Phi) is 7.45. The van der Waals surface area contributed by atoms with Crippen molar-refractivity contribution in [3.63, 3.8) is 0 Å². The molecule has 0 aromatic heterocycles. The van der Waals surface area contributed by atoms with Gasteiger partial charge in [0.2, 0.25) is 5.91 Å². The van der Waals surface area contributed by atoms with Gasteiger partial charge in [0.05, 0.1) is 6.54 Å². The van der Waals surface area contributed by atoms with Gasteiger partial charge in [-0.2, -0.15) is 0 Å². The lowest BCUT2D eigenvalue weighted by molar-refractivity contribution is -0.139. The lowest BCUT2D eigenvalue weighted by atomic mass is 9.92. The van der Waals surface area contributed by atoms with Crippen molar-refractivity contribution in [2.45, 2.75) is 71.0 Å². The Morgan fingerprint density at radius 2 is 1.81 bits per heavy atom. The Balaban J connectivity index is 0.00000220. The van der Waals surface area contributed by atoms with Crippen molar-refractivity contribution < 1.29 is 4.79 Å². The Labute approximate surface area is 135 Å². The zero-order valence-electron chi connectivity index (χ0n) is 13.8. The van der Waals surface area contributed by atoms with Gasteiger partial charge in [0.25, 0.3) is 0 Å². The number of nitrogens with zero attached hydrogens (tertiary/aromatic N) is 2. The summed E-state index contributed by atoms with van der Waals surface area (Å²) in [6, 6.07) is 1.04. The fraction of sp³-hybridized carbons (Fsp3) is 0.938. The van der Waals surface area contributed by atoms with Crippen LogP contribution in [0.3, 0.4) is 0 Å². The van der Waals surface area contributed by atoms with E-state index in [4.69, 9.17) is 5.73 Å². The maximum Gasteiger partial charge on any atom is 0.237 e. The van der Waals surface area contributed by atoms with Crippen LogP contribution in [0.2, 0.25) is 0 Å². The van der Waals surface area contributed by atoms with Crippen LogP contribution in [0.15, 0.2) is 0 Å². The SMILES string of the molecule is CC(N)C1CCCN(CC(=O)N2C(C)CCCC2C)C1.Cl. The van der Waals surface area contributed by atoms with Gasteiger partial charge in [0.15, 0.2) is 0 Å². The van der Waals surface area contributed by atoms with Crippen molar-refractivity contribution in [1.82, 2.24) is 9.80 Å². The number of hydrogen-bond donors (Lipinski definition) is 1. The lowest BCUT2D eigenvalue weighted by Gasteiger charge is -2.41. The summed E-state index contributed by atoms with van der Waals surface area (Å²) in [4.78, 5) is 17.1. The molecule has 0 aromatic rings. The number of rotatable bonds is 3. The molecular formula is C16H32ClN3O. The molecule has 2 N–H and O–H groups in total. The highest BCUT2D eigenvalue weighted by molar-refractivity contribution is 5.85. The molecule has 0 saturated carbocycles. The summed E-state index contributed by atoms with van der Waals surface area (Å²) in [5, 5.41) is 0. The summed E-state index contributed by atoms with van der Waals surface area (Å²) in [6.07, 6.45) is 5.93. The molecule has 2 aliphatic heterocycles. The molecule has 1 amide bonds. The molecule has 0 radical (unpaired) electrons. The maximum absolute atomic E-state index is 12.6. The molecule has 4 unspecified atom stereocenters. The summed E-state index contributed by atoms with van der Waals surface area (Å²) in [7, 11) is 0. The first-order chi connectivity index (χ1) is 9.49. The van der Waals surface area contributed by atoms with Crippen LogP contribution in [0.25, 0.3) is 0 Å². The van der Waals surface area contributed by atoms with Crippen LogP contribution in [0.1, 0.15) is 52.9 Å². The Bertz CT molecular complexity index is 327. The van der Waals surface area contributed by atoms with Gasteiger partial charge in [-0.1, -0.05) is 0 Å². The molecule has 2 heterocycles. The molecule has 0 spiro atoms. The molecule has 5 heteroatoms. The first kappa shape index (κ1) is 18.7. The third-order valence-corrected chi connectivity index (χ3v) is 5.13. The van der Waals surface area contributed by atoms with Crippen LogP contribution in [0.5, 0.6) is 0 Å². The standard InChI is InChI=1S/C16H31N3O.ClH/c1-12-6-4-7-13(2)19(12)16(20)11-18-9-5-8-15(10-18)14(3)17;/h12-15H,4-11,17H2,1-3H3;1H. The Morgan fingerprint density at radius 3 is 2.38 bits per heavy atom. The second-order valence-electron chi connectivity index (χ2n) is 6.93. The highest BCUT2D eigenvalue weighted by Crippen LogP contribution is 2.24. The molecule has 2 saturated heterocycles. The average molecular weight is 318 g/mol. The van der Waals surface area contributed by atoms with E-state index in [-0.39, 0.29) is 18.4 Å². The van der Waals surface area contributed by atoms with Crippen LogP contribution in [-0.2, 0) is 4.79 Å². The van der Waals surface area contributed by atoms with Crippen molar-refractivity contribution in [2.75, 3.05) is 19.6 Å². The third-order valence-electron chi connectivity index (χ3n) is 5.13. The molecule has 4 atom stereocenters. The fourth-order valence-electron chi connectivity index (χ4n) is 3.85. The molecule has 4 nitrogen and oxygen atoms in total. The van der Waals surface area contributed by atoms with E-state index in [9.17, 15) is 4.79 Å². The predicted octanol–water partition coefficient (Wildman–Crippen LogP) is 2.26. The van der Waals surface area contributed by atoms with Gasteiger partial charge < -0.3 is 10.6 Å². The zero-order chi connectivity index (χ0) is 14.7. The van der Waals surface area contributed by atoms with Gasteiger partial charge >= 0.3 is 0 Å². The van der Waals surface area contributed by atoms with Gasteiger partial charge in [-0.05, 0) is 65.3 Å². The van der Waals surface area contributed by atoms with E-state index < -0.39 is 0 Å². The summed E-state index contributed by atoms with van der Waals surface area (Å²) in [6.45, 7) is 9.08. The number of nitrogens with two attached hydrogens (primary N) is 1. The lowest BCUT2D eigenvalue weighted by Crippen LogP contribution is -2.52. The van der Waals surface area contributed by atoms with E-state index >= 15 is 0 Å². The molecule has 0 aromatic carbocycles. The summed E-state index contributed by atoms with van der Waals surface area (Å²) < 4.78 is 0. The molecule has 2 aliphatic rings. The van der Waals surface area contributed by atoms with Gasteiger partial charge in [0.1, 0.15) is 0 Å². The predicted molar refractivity (Wildman–Crippen MR) is 89.7 cm³/mol. The normalized spacial score (nSPS) is 32.4. The number of carbonyl (C=O) groups is 1. The van der Waals surface area contributed by atoms with E-state index in [0.717, 1.165) is 25.9 Å². The average Bonchev–Trinajstić information content (AvgIpc) is 2.38. The third kappa shape index (κ3) is 4.83. The summed E-state index contributed by atoms with van der Waals surface area (Å²) in [5.74, 6) is 0.864. The highest BCUT2D eigenvalue weighted by Gasteiger charge is 2.31. The number of hydrogen-bond acceptors (Lipinski definition) is 3. The summed E-state index contributed by atoms with van der Waals surface area (Å²) in [5.41, 5.74) is 6.03. The second kappa shape index (κ2) is 8.35. The molecule has 2 rings (SSSR count). The molecule has 124 valence electrons. The number of piperidine rings is 2. The van der Waals surface area contributed by atoms with Crippen LogP contribution < -0.4 is 5.73 Å². The van der Waals surface area contributed by atoms with Crippen molar-refractivity contribution in [3.8, 4) is 0 Å². The first-order valence-corrected chi connectivity index (χ1v) is 8.28. The highest BCUT2D eigenvalue weighted by atomic mass is 35.5. The number of halogens is 1. The first-order valence-electron chi connectivity index (χ1n) is 8.28. The minimum atomic E-state index is 0. The summed E-state index contributed by atoms with van der Waals surface area (Å²) >= 11 is 0. The van der Waals surface area contributed by atoms with Crippen LogP contribution >= 0.6 is 12.4 Å². The minimum Gasteiger partial charge on any atom is -0.336 e. The van der Waals surface area contributed by atoms with Crippen LogP contribution in [0.4, 0.5) is 0 Å². The van der Waals surface area contributed by atoms with E-state index in [1.807, 2.05) is 0 Å².